The molecule has 0 heterocycles. The first-order chi connectivity index (χ1) is 7.45. The maximum atomic E-state index is 12.0. The van der Waals surface area contributed by atoms with Gasteiger partial charge in [-0.05, 0) is 26.5 Å². The van der Waals surface area contributed by atoms with Gasteiger partial charge >= 0.3 is 0 Å². The van der Waals surface area contributed by atoms with Gasteiger partial charge in [-0.25, -0.2) is 0 Å². The fourth-order valence-electron chi connectivity index (χ4n) is 1.31. The van der Waals surface area contributed by atoms with Crippen molar-refractivity contribution in [3.8, 4) is 0 Å². The van der Waals surface area contributed by atoms with E-state index in [0.717, 1.165) is 0 Å². The Morgan fingerprint density at radius 1 is 1.62 bits per heavy atom. The van der Waals surface area contributed by atoms with Gasteiger partial charge in [0.2, 0.25) is 5.91 Å². The SMILES string of the molecule is CCC(C)(CN)C(=O)NC(C)C(CO)SC. The van der Waals surface area contributed by atoms with E-state index in [2.05, 4.69) is 5.32 Å². The Morgan fingerprint density at radius 2 is 2.19 bits per heavy atom. The van der Waals surface area contributed by atoms with E-state index in [0.29, 0.717) is 13.0 Å². The summed E-state index contributed by atoms with van der Waals surface area (Å²) >= 11 is 1.55. The molecule has 5 heteroatoms. The van der Waals surface area contributed by atoms with Crippen molar-refractivity contribution in [3.05, 3.63) is 0 Å². The van der Waals surface area contributed by atoms with E-state index in [9.17, 15) is 4.79 Å². The average Bonchev–Trinajstić information content (AvgIpc) is 2.29. The highest BCUT2D eigenvalue weighted by Gasteiger charge is 2.31. The minimum Gasteiger partial charge on any atom is -0.395 e. The predicted octanol–water partition coefficient (Wildman–Crippen LogP) is 0.590. The summed E-state index contributed by atoms with van der Waals surface area (Å²) < 4.78 is 0. The quantitative estimate of drug-likeness (QED) is 0.616. The van der Waals surface area contributed by atoms with Gasteiger partial charge in [0, 0.05) is 17.8 Å². The molecule has 0 fully saturated rings. The summed E-state index contributed by atoms with van der Waals surface area (Å²) in [7, 11) is 0. The maximum absolute atomic E-state index is 12.0. The Hall–Kier alpha value is -0.260. The van der Waals surface area contributed by atoms with Gasteiger partial charge in [-0.2, -0.15) is 11.8 Å². The number of amides is 1. The second-order valence-corrected chi connectivity index (χ2v) is 5.41. The average molecular weight is 248 g/mol. The second kappa shape index (κ2) is 7.14. The van der Waals surface area contributed by atoms with Crippen LogP contribution in [0.4, 0.5) is 0 Å². The second-order valence-electron chi connectivity index (χ2n) is 4.34. The number of hydrogen-bond donors (Lipinski definition) is 3. The maximum Gasteiger partial charge on any atom is 0.227 e. The van der Waals surface area contributed by atoms with Crippen LogP contribution < -0.4 is 11.1 Å². The molecule has 96 valence electrons. The molecule has 0 aliphatic rings. The van der Waals surface area contributed by atoms with Crippen molar-refractivity contribution in [3.63, 3.8) is 0 Å². The van der Waals surface area contributed by atoms with Crippen molar-refractivity contribution in [1.82, 2.24) is 5.32 Å². The van der Waals surface area contributed by atoms with E-state index in [1.165, 1.54) is 0 Å². The summed E-state index contributed by atoms with van der Waals surface area (Å²) in [6.07, 6.45) is 2.64. The van der Waals surface area contributed by atoms with E-state index in [1.54, 1.807) is 11.8 Å². The Kier molecular flexibility index (Phi) is 7.03. The number of carbonyl (C=O) groups is 1. The van der Waals surface area contributed by atoms with Crippen molar-refractivity contribution in [2.45, 2.75) is 38.5 Å². The Bertz CT molecular complexity index is 216. The van der Waals surface area contributed by atoms with E-state index < -0.39 is 5.41 Å². The van der Waals surface area contributed by atoms with Crippen molar-refractivity contribution < 1.29 is 9.90 Å². The van der Waals surface area contributed by atoms with Gasteiger partial charge in [-0.15, -0.1) is 0 Å². The van der Waals surface area contributed by atoms with Gasteiger partial charge in [0.1, 0.15) is 0 Å². The molecule has 0 aromatic carbocycles. The first-order valence-electron chi connectivity index (χ1n) is 5.59. The number of hydrogen-bond acceptors (Lipinski definition) is 4. The molecule has 3 unspecified atom stereocenters. The molecule has 3 atom stereocenters. The minimum atomic E-state index is -0.507. The predicted molar refractivity (Wildman–Crippen MR) is 69.4 cm³/mol. The summed E-state index contributed by atoms with van der Waals surface area (Å²) in [5.74, 6) is -0.0301. The third-order valence-electron chi connectivity index (χ3n) is 3.18. The molecule has 16 heavy (non-hydrogen) atoms. The van der Waals surface area contributed by atoms with Crippen LogP contribution in [0.1, 0.15) is 27.2 Å². The van der Waals surface area contributed by atoms with Crippen molar-refractivity contribution >= 4 is 17.7 Å². The highest BCUT2D eigenvalue weighted by Crippen LogP contribution is 2.20. The first-order valence-corrected chi connectivity index (χ1v) is 6.88. The topological polar surface area (TPSA) is 75.4 Å². The number of carbonyl (C=O) groups excluding carboxylic acids is 1. The summed E-state index contributed by atoms with van der Waals surface area (Å²) in [4.78, 5) is 12.0. The molecule has 0 radical (unpaired) electrons. The number of nitrogens with two attached hydrogens (primary N) is 1. The van der Waals surface area contributed by atoms with Crippen LogP contribution in [0.3, 0.4) is 0 Å². The van der Waals surface area contributed by atoms with Gasteiger partial charge in [0.05, 0.1) is 12.0 Å². The molecule has 4 nitrogen and oxygen atoms in total. The van der Waals surface area contributed by atoms with E-state index in [1.807, 2.05) is 27.0 Å². The van der Waals surface area contributed by atoms with Gasteiger partial charge in [0.25, 0.3) is 0 Å². The smallest absolute Gasteiger partial charge is 0.227 e. The number of nitrogens with one attached hydrogen (secondary N) is 1. The summed E-state index contributed by atoms with van der Waals surface area (Å²) in [6, 6.07) is -0.0510. The molecule has 0 bridgehead atoms. The van der Waals surface area contributed by atoms with E-state index in [4.69, 9.17) is 10.8 Å². The number of aliphatic hydroxyl groups excluding tert-OH is 1. The lowest BCUT2D eigenvalue weighted by Gasteiger charge is -2.29. The number of thioether (sulfide) groups is 1. The molecule has 0 aromatic rings. The third-order valence-corrected chi connectivity index (χ3v) is 4.34. The molecular weight excluding hydrogens is 224 g/mol. The lowest BCUT2D eigenvalue weighted by atomic mass is 9.86. The van der Waals surface area contributed by atoms with E-state index in [-0.39, 0.29) is 23.8 Å². The zero-order valence-electron chi connectivity index (χ0n) is 10.6. The molecule has 0 aliphatic heterocycles. The van der Waals surface area contributed by atoms with Crippen LogP contribution in [-0.4, -0.2) is 41.7 Å². The van der Waals surface area contributed by atoms with Crippen LogP contribution in [0.2, 0.25) is 0 Å². The molecule has 0 saturated heterocycles. The van der Waals surface area contributed by atoms with Crippen molar-refractivity contribution in [2.24, 2.45) is 11.1 Å². The molecule has 0 spiro atoms. The lowest BCUT2D eigenvalue weighted by Crippen LogP contribution is -2.50. The van der Waals surface area contributed by atoms with Gasteiger partial charge in [-0.3, -0.25) is 4.79 Å². The number of rotatable bonds is 7. The minimum absolute atomic E-state index is 0.0301. The standard InChI is InChI=1S/C11H24N2O2S/c1-5-11(3,7-12)10(15)13-8(2)9(6-14)16-4/h8-9,14H,5-7,12H2,1-4H3,(H,13,15). The Labute approximate surface area is 102 Å². The monoisotopic (exact) mass is 248 g/mol. The fraction of sp³-hybridized carbons (Fsp3) is 0.909. The number of aliphatic hydroxyl groups is 1. The molecule has 0 rings (SSSR count). The molecular formula is C11H24N2O2S. The van der Waals surface area contributed by atoms with Gasteiger partial charge < -0.3 is 16.2 Å². The summed E-state index contributed by atoms with van der Waals surface area (Å²) in [5, 5.41) is 12.1. The fourth-order valence-corrected chi connectivity index (χ4v) is 1.93. The lowest BCUT2D eigenvalue weighted by molar-refractivity contribution is -0.130. The van der Waals surface area contributed by atoms with Gasteiger partial charge in [-0.1, -0.05) is 6.92 Å². The van der Waals surface area contributed by atoms with Crippen molar-refractivity contribution in [2.75, 3.05) is 19.4 Å². The zero-order chi connectivity index (χ0) is 12.8. The third kappa shape index (κ3) is 3.96. The molecule has 1 amide bonds. The van der Waals surface area contributed by atoms with Crippen LogP contribution in [0.5, 0.6) is 0 Å². The molecule has 4 N–H and O–H groups in total. The summed E-state index contributed by atoms with van der Waals surface area (Å²) in [5.41, 5.74) is 5.11. The van der Waals surface area contributed by atoms with Crippen LogP contribution in [0, 0.1) is 5.41 Å². The Morgan fingerprint density at radius 3 is 2.50 bits per heavy atom. The largest absolute Gasteiger partial charge is 0.395 e. The molecule has 0 saturated carbocycles. The Balaban J connectivity index is 4.43. The van der Waals surface area contributed by atoms with Crippen LogP contribution in [0.25, 0.3) is 0 Å². The van der Waals surface area contributed by atoms with E-state index >= 15 is 0 Å². The van der Waals surface area contributed by atoms with Crippen LogP contribution >= 0.6 is 11.8 Å². The van der Waals surface area contributed by atoms with Crippen LogP contribution in [0.15, 0.2) is 0 Å². The normalized spacial score (nSPS) is 18.6. The summed E-state index contributed by atoms with van der Waals surface area (Å²) in [6.45, 7) is 6.12. The first kappa shape index (κ1) is 15.7. The molecule has 0 aromatic heterocycles. The highest BCUT2D eigenvalue weighted by molar-refractivity contribution is 7.99. The molecule has 0 aliphatic carbocycles. The van der Waals surface area contributed by atoms with Gasteiger partial charge in [0.15, 0.2) is 0 Å². The highest BCUT2D eigenvalue weighted by atomic mass is 32.2. The zero-order valence-corrected chi connectivity index (χ0v) is 11.4. The van der Waals surface area contributed by atoms with Crippen LogP contribution in [-0.2, 0) is 4.79 Å². The van der Waals surface area contributed by atoms with Crippen molar-refractivity contribution in [1.29, 1.82) is 0 Å².